The molecule has 3 nitrogen and oxygen atoms in total. The molecule has 2 heterocycles. The molecule has 4 heteroatoms. The minimum Gasteiger partial charge on any atom is -0.400 e. The van der Waals surface area contributed by atoms with Crippen molar-refractivity contribution in [3.8, 4) is 0 Å². The van der Waals surface area contributed by atoms with Gasteiger partial charge in [-0.15, -0.1) is 0 Å². The van der Waals surface area contributed by atoms with Crippen molar-refractivity contribution in [1.29, 1.82) is 0 Å². The van der Waals surface area contributed by atoms with Crippen LogP contribution < -0.4 is 0 Å². The maximum Gasteiger partial charge on any atom is 0.487 e. The van der Waals surface area contributed by atoms with Crippen molar-refractivity contribution in [2.24, 2.45) is 0 Å². The molecule has 0 radical (unpaired) electrons. The summed E-state index contributed by atoms with van der Waals surface area (Å²) in [6, 6.07) is 6.11. The number of pyridine rings is 1. The van der Waals surface area contributed by atoms with Gasteiger partial charge in [-0.1, -0.05) is 25.4 Å². The van der Waals surface area contributed by atoms with Crippen LogP contribution in [-0.4, -0.2) is 23.3 Å². The Morgan fingerprint density at radius 2 is 1.80 bits per heavy atom. The Hall–Kier alpha value is -1.13. The molecule has 1 aromatic heterocycles. The van der Waals surface area contributed by atoms with Gasteiger partial charge in [-0.3, -0.25) is 4.98 Å². The lowest BCUT2D eigenvalue weighted by molar-refractivity contribution is 0.00578. The molecule has 0 bridgehead atoms. The standard InChI is InChI=1S/C16H24BNO2/c1-6-8-13-9-7-10-14(18-13)11-12-17-19-15(2,3)16(4,5)20-17/h7,9-12H,6,8H2,1-5H3/b12-11+. The van der Waals surface area contributed by atoms with E-state index in [1.165, 1.54) is 0 Å². The maximum atomic E-state index is 5.93. The van der Waals surface area contributed by atoms with Crippen LogP contribution in [0.1, 0.15) is 52.4 Å². The van der Waals surface area contributed by atoms with Crippen molar-refractivity contribution >= 4 is 13.2 Å². The van der Waals surface area contributed by atoms with Crippen LogP contribution in [0.2, 0.25) is 0 Å². The molecule has 1 aliphatic rings. The van der Waals surface area contributed by atoms with Gasteiger partial charge in [0.25, 0.3) is 0 Å². The summed E-state index contributed by atoms with van der Waals surface area (Å²) in [6.07, 6.45) is 4.09. The van der Waals surface area contributed by atoms with Crippen LogP contribution in [0.15, 0.2) is 24.2 Å². The van der Waals surface area contributed by atoms with Crippen molar-refractivity contribution in [3.05, 3.63) is 35.6 Å². The molecule has 0 saturated carbocycles. The van der Waals surface area contributed by atoms with Crippen LogP contribution in [0.4, 0.5) is 0 Å². The molecule has 1 fully saturated rings. The molecule has 1 saturated heterocycles. The lowest BCUT2D eigenvalue weighted by atomic mass is 9.89. The highest BCUT2D eigenvalue weighted by Gasteiger charge is 2.49. The molecule has 0 amide bonds. The number of aryl methyl sites for hydroxylation is 1. The van der Waals surface area contributed by atoms with E-state index in [0.29, 0.717) is 0 Å². The number of hydrogen-bond acceptors (Lipinski definition) is 3. The van der Waals surface area contributed by atoms with Crippen LogP contribution >= 0.6 is 0 Å². The van der Waals surface area contributed by atoms with Crippen LogP contribution in [0.3, 0.4) is 0 Å². The maximum absolute atomic E-state index is 5.93. The van der Waals surface area contributed by atoms with Crippen molar-refractivity contribution < 1.29 is 9.31 Å². The highest BCUT2D eigenvalue weighted by molar-refractivity contribution is 6.52. The van der Waals surface area contributed by atoms with E-state index in [4.69, 9.17) is 9.31 Å². The number of rotatable bonds is 4. The lowest BCUT2D eigenvalue weighted by Gasteiger charge is -2.32. The smallest absolute Gasteiger partial charge is 0.400 e. The first-order valence-electron chi connectivity index (χ1n) is 7.34. The van der Waals surface area contributed by atoms with E-state index < -0.39 is 0 Å². The summed E-state index contributed by atoms with van der Waals surface area (Å²) in [5.74, 6) is 1.94. The Bertz CT molecular complexity index is 481. The fourth-order valence-corrected chi connectivity index (χ4v) is 2.13. The van der Waals surface area contributed by atoms with Gasteiger partial charge < -0.3 is 9.31 Å². The summed E-state index contributed by atoms with van der Waals surface area (Å²) in [4.78, 5) is 4.60. The molecule has 0 atom stereocenters. The first-order chi connectivity index (χ1) is 9.34. The minimum absolute atomic E-state index is 0.292. The molecular formula is C16H24BNO2. The summed E-state index contributed by atoms with van der Waals surface area (Å²) in [6.45, 7) is 10.4. The number of aromatic nitrogens is 1. The van der Waals surface area contributed by atoms with Crippen LogP contribution in [0.25, 0.3) is 6.08 Å². The molecule has 108 valence electrons. The average molecular weight is 273 g/mol. The van der Waals surface area contributed by atoms with E-state index in [1.807, 2.05) is 24.2 Å². The van der Waals surface area contributed by atoms with Gasteiger partial charge in [0.15, 0.2) is 0 Å². The van der Waals surface area contributed by atoms with Crippen LogP contribution in [-0.2, 0) is 15.7 Å². The van der Waals surface area contributed by atoms with Gasteiger partial charge in [0.1, 0.15) is 0 Å². The van der Waals surface area contributed by atoms with Crippen LogP contribution in [0.5, 0.6) is 0 Å². The van der Waals surface area contributed by atoms with Gasteiger partial charge in [0.05, 0.1) is 16.9 Å². The third-order valence-electron chi connectivity index (χ3n) is 4.03. The molecule has 0 aliphatic carbocycles. The molecule has 2 rings (SSSR count). The average Bonchev–Trinajstić information content (AvgIpc) is 2.56. The Labute approximate surface area is 122 Å². The van der Waals surface area contributed by atoms with E-state index in [-0.39, 0.29) is 18.3 Å². The summed E-state index contributed by atoms with van der Waals surface area (Å²) < 4.78 is 11.9. The molecule has 1 aromatic rings. The lowest BCUT2D eigenvalue weighted by Crippen LogP contribution is -2.41. The highest BCUT2D eigenvalue weighted by atomic mass is 16.7. The van der Waals surface area contributed by atoms with E-state index in [0.717, 1.165) is 24.2 Å². The van der Waals surface area contributed by atoms with Crippen molar-refractivity contribution in [1.82, 2.24) is 4.98 Å². The summed E-state index contributed by atoms with van der Waals surface area (Å²) in [7, 11) is -0.309. The third-order valence-corrected chi connectivity index (χ3v) is 4.03. The number of hydrogen-bond donors (Lipinski definition) is 0. The first kappa shape index (κ1) is 15.3. The second-order valence-electron chi connectivity index (χ2n) is 6.29. The molecule has 0 aromatic carbocycles. The highest BCUT2D eigenvalue weighted by Crippen LogP contribution is 2.36. The number of nitrogens with zero attached hydrogens (tertiary/aromatic N) is 1. The van der Waals surface area contributed by atoms with Gasteiger partial charge in [0, 0.05) is 5.69 Å². The Kier molecular flexibility index (Phi) is 4.35. The largest absolute Gasteiger partial charge is 0.487 e. The van der Waals surface area contributed by atoms with Gasteiger partial charge in [-0.25, -0.2) is 0 Å². The summed E-state index contributed by atoms with van der Waals surface area (Å²) in [5, 5.41) is 0. The van der Waals surface area contributed by atoms with Crippen LogP contribution in [0, 0.1) is 0 Å². The van der Waals surface area contributed by atoms with Gasteiger partial charge in [0.2, 0.25) is 0 Å². The fourth-order valence-electron chi connectivity index (χ4n) is 2.13. The molecular weight excluding hydrogens is 249 g/mol. The zero-order valence-corrected chi connectivity index (χ0v) is 13.1. The second kappa shape index (κ2) is 5.70. The minimum atomic E-state index is -0.309. The Balaban J connectivity index is 2.06. The van der Waals surface area contributed by atoms with Gasteiger partial charge in [-0.2, -0.15) is 0 Å². The van der Waals surface area contributed by atoms with E-state index in [9.17, 15) is 0 Å². The second-order valence-corrected chi connectivity index (χ2v) is 6.29. The van der Waals surface area contributed by atoms with E-state index >= 15 is 0 Å². The predicted molar refractivity (Wildman–Crippen MR) is 83.3 cm³/mol. The van der Waals surface area contributed by atoms with Crippen molar-refractivity contribution in [2.75, 3.05) is 0 Å². The SMILES string of the molecule is CCCc1cccc(/C=C/B2OC(C)(C)C(C)(C)O2)n1. The molecule has 0 N–H and O–H groups in total. The predicted octanol–water partition coefficient (Wildman–Crippen LogP) is 3.68. The zero-order chi connectivity index (χ0) is 14.8. The monoisotopic (exact) mass is 273 g/mol. The Morgan fingerprint density at radius 3 is 2.40 bits per heavy atom. The van der Waals surface area contributed by atoms with Gasteiger partial charge >= 0.3 is 7.12 Å². The van der Waals surface area contributed by atoms with Crippen molar-refractivity contribution in [2.45, 2.75) is 58.7 Å². The molecule has 1 aliphatic heterocycles. The van der Waals surface area contributed by atoms with E-state index in [2.05, 4.69) is 45.7 Å². The molecule has 0 unspecified atom stereocenters. The zero-order valence-electron chi connectivity index (χ0n) is 13.1. The van der Waals surface area contributed by atoms with Gasteiger partial charge in [-0.05, 0) is 52.3 Å². The summed E-state index contributed by atoms with van der Waals surface area (Å²) >= 11 is 0. The van der Waals surface area contributed by atoms with E-state index in [1.54, 1.807) is 0 Å². The third kappa shape index (κ3) is 3.30. The molecule has 0 spiro atoms. The summed E-state index contributed by atoms with van der Waals surface area (Å²) in [5.41, 5.74) is 1.49. The van der Waals surface area contributed by atoms with Crippen molar-refractivity contribution in [3.63, 3.8) is 0 Å². The quantitative estimate of drug-likeness (QED) is 0.784. The normalized spacial score (nSPS) is 20.8. The first-order valence-corrected chi connectivity index (χ1v) is 7.34. The Morgan fingerprint density at radius 1 is 1.15 bits per heavy atom. The fraction of sp³-hybridized carbons (Fsp3) is 0.562. The topological polar surface area (TPSA) is 31.4 Å². The molecule has 20 heavy (non-hydrogen) atoms.